The average molecular weight is 359 g/mol. The Morgan fingerprint density at radius 2 is 1.81 bits per heavy atom. The molecule has 26 heavy (non-hydrogen) atoms. The molecule has 0 bridgehead atoms. The summed E-state index contributed by atoms with van der Waals surface area (Å²) in [5.41, 5.74) is -0.590. The van der Waals surface area contributed by atoms with E-state index in [2.05, 4.69) is 0 Å². The molecule has 0 unspecified atom stereocenters. The smallest absolute Gasteiger partial charge is 0.324 e. The van der Waals surface area contributed by atoms with Gasteiger partial charge in [-0.25, -0.2) is 0 Å². The van der Waals surface area contributed by atoms with Gasteiger partial charge in [0.1, 0.15) is 0 Å². The molecule has 0 heterocycles. The predicted octanol–water partition coefficient (Wildman–Crippen LogP) is 2.74. The summed E-state index contributed by atoms with van der Waals surface area (Å²) >= 11 is 0. The van der Waals surface area contributed by atoms with Crippen molar-refractivity contribution in [3.63, 3.8) is 0 Å². The third-order valence-electron chi connectivity index (χ3n) is 4.57. The van der Waals surface area contributed by atoms with Crippen molar-refractivity contribution in [1.82, 2.24) is 0 Å². The van der Waals surface area contributed by atoms with Gasteiger partial charge in [-0.3, -0.25) is 19.7 Å². The van der Waals surface area contributed by atoms with Gasteiger partial charge >= 0.3 is 11.9 Å². The number of esters is 2. The fraction of sp³-hybridized carbons (Fsp3) is 0.368. The molecule has 0 radical (unpaired) electrons. The van der Waals surface area contributed by atoms with Crippen LogP contribution in [0.4, 0.5) is 0 Å². The zero-order valence-electron chi connectivity index (χ0n) is 14.7. The summed E-state index contributed by atoms with van der Waals surface area (Å²) < 4.78 is 9.79. The molecular weight excluding hydrogens is 338 g/mol. The van der Waals surface area contributed by atoms with Gasteiger partial charge in [0.15, 0.2) is 5.41 Å². The van der Waals surface area contributed by atoms with Crippen LogP contribution in [-0.4, -0.2) is 37.6 Å². The SMILES string of the molecule is COC(=O)C1(C(=O)OC)C/C=C\C/C=C\c2ccccc2[C@@H]1C[N+](=O)[O-]. The normalized spacial score (nSPS) is 20.9. The summed E-state index contributed by atoms with van der Waals surface area (Å²) in [7, 11) is 2.31. The van der Waals surface area contributed by atoms with Gasteiger partial charge in [0.2, 0.25) is 6.54 Å². The second-order valence-electron chi connectivity index (χ2n) is 5.96. The maximum Gasteiger partial charge on any atom is 0.324 e. The molecule has 0 fully saturated rings. The minimum absolute atomic E-state index is 0.0486. The first kappa shape index (κ1) is 19.4. The molecule has 0 aliphatic heterocycles. The van der Waals surface area contributed by atoms with E-state index in [0.29, 0.717) is 17.5 Å². The van der Waals surface area contributed by atoms with Crippen LogP contribution in [0.2, 0.25) is 0 Å². The second-order valence-corrected chi connectivity index (χ2v) is 5.96. The molecule has 1 aromatic rings. The molecule has 1 aliphatic rings. The fourth-order valence-corrected chi connectivity index (χ4v) is 3.33. The molecular formula is C19H21NO6. The molecule has 1 aliphatic carbocycles. The molecule has 1 atom stereocenters. The largest absolute Gasteiger partial charge is 0.468 e. The number of carbonyl (C=O) groups is 2. The zero-order valence-corrected chi connectivity index (χ0v) is 14.7. The van der Waals surface area contributed by atoms with Gasteiger partial charge in [0.25, 0.3) is 0 Å². The Hall–Kier alpha value is -2.96. The second kappa shape index (κ2) is 8.42. The number of allylic oxidation sites excluding steroid dienone is 3. The van der Waals surface area contributed by atoms with Gasteiger partial charge in [0.05, 0.1) is 20.1 Å². The lowest BCUT2D eigenvalue weighted by Crippen LogP contribution is -2.48. The molecule has 0 aromatic heterocycles. The van der Waals surface area contributed by atoms with Gasteiger partial charge in [-0.05, 0) is 24.0 Å². The van der Waals surface area contributed by atoms with Crippen molar-refractivity contribution in [2.75, 3.05) is 20.8 Å². The third kappa shape index (κ3) is 3.66. The lowest BCUT2D eigenvalue weighted by atomic mass is 9.68. The maximum absolute atomic E-state index is 12.8. The van der Waals surface area contributed by atoms with Gasteiger partial charge in [-0.15, -0.1) is 0 Å². The number of hydrogen-bond acceptors (Lipinski definition) is 6. The molecule has 7 heteroatoms. The Kier molecular flexibility index (Phi) is 6.27. The molecule has 138 valence electrons. The Bertz CT molecular complexity index is 736. The maximum atomic E-state index is 12.8. The molecule has 1 aromatic carbocycles. The first-order valence-corrected chi connectivity index (χ1v) is 8.16. The quantitative estimate of drug-likeness (QED) is 0.270. The molecule has 7 nitrogen and oxygen atoms in total. The summed E-state index contributed by atoms with van der Waals surface area (Å²) in [6.07, 6.45) is 7.77. The number of rotatable bonds is 4. The van der Waals surface area contributed by atoms with Crippen LogP contribution in [-0.2, 0) is 19.1 Å². The van der Waals surface area contributed by atoms with E-state index in [4.69, 9.17) is 9.47 Å². The number of benzene rings is 1. The molecule has 0 N–H and O–H groups in total. The average Bonchev–Trinajstić information content (AvgIpc) is 2.65. The van der Waals surface area contributed by atoms with Crippen molar-refractivity contribution in [2.45, 2.75) is 18.8 Å². The van der Waals surface area contributed by atoms with E-state index < -0.39 is 34.7 Å². The molecule has 0 saturated heterocycles. The Morgan fingerprint density at radius 1 is 1.15 bits per heavy atom. The summed E-state index contributed by atoms with van der Waals surface area (Å²) in [5, 5.41) is 11.4. The molecule has 0 amide bonds. The number of methoxy groups -OCH3 is 2. The van der Waals surface area contributed by atoms with E-state index in [1.165, 1.54) is 0 Å². The summed E-state index contributed by atoms with van der Waals surface area (Å²) in [5.74, 6) is -2.73. The minimum atomic E-state index is -1.84. The van der Waals surface area contributed by atoms with E-state index in [0.717, 1.165) is 14.2 Å². The minimum Gasteiger partial charge on any atom is -0.468 e. The Morgan fingerprint density at radius 3 is 2.42 bits per heavy atom. The Balaban J connectivity index is 2.80. The highest BCUT2D eigenvalue weighted by molar-refractivity contribution is 6.01. The van der Waals surface area contributed by atoms with Crippen LogP contribution >= 0.6 is 0 Å². The highest BCUT2D eigenvalue weighted by Gasteiger charge is 2.56. The standard InChI is InChI=1S/C19H21NO6/c1-25-17(21)19(18(22)26-2)12-8-4-3-5-9-14-10-6-7-11-15(14)16(19)13-20(23)24/h4-11,16H,3,12-13H2,1-2H3/b8-4-,9-5-/t16-/m0/s1. The number of hydrogen-bond donors (Lipinski definition) is 0. The third-order valence-corrected chi connectivity index (χ3v) is 4.57. The van der Waals surface area contributed by atoms with Crippen LogP contribution < -0.4 is 0 Å². The lowest BCUT2D eigenvalue weighted by molar-refractivity contribution is -0.485. The number of fused-ring (bicyclic) bond motifs is 1. The number of nitro groups is 1. The first-order valence-electron chi connectivity index (χ1n) is 8.16. The zero-order chi connectivity index (χ0) is 19.2. The number of carbonyl (C=O) groups excluding carboxylic acids is 2. The summed E-state index contributed by atoms with van der Waals surface area (Å²) in [6, 6.07) is 7.01. The van der Waals surface area contributed by atoms with E-state index in [1.54, 1.807) is 36.4 Å². The van der Waals surface area contributed by atoms with E-state index >= 15 is 0 Å². The Labute approximate surface area is 151 Å². The van der Waals surface area contributed by atoms with Crippen LogP contribution in [0.15, 0.2) is 42.5 Å². The topological polar surface area (TPSA) is 95.7 Å². The van der Waals surface area contributed by atoms with Crippen molar-refractivity contribution in [1.29, 1.82) is 0 Å². The fourth-order valence-electron chi connectivity index (χ4n) is 3.33. The van der Waals surface area contributed by atoms with Gasteiger partial charge in [-0.1, -0.05) is 48.6 Å². The van der Waals surface area contributed by atoms with Crippen LogP contribution in [0.1, 0.15) is 29.9 Å². The van der Waals surface area contributed by atoms with Crippen molar-refractivity contribution >= 4 is 18.0 Å². The summed E-state index contributed by atoms with van der Waals surface area (Å²) in [4.78, 5) is 36.4. The molecule has 0 saturated carbocycles. The van der Waals surface area contributed by atoms with Gasteiger partial charge < -0.3 is 9.47 Å². The first-order chi connectivity index (χ1) is 12.5. The van der Waals surface area contributed by atoms with E-state index in [-0.39, 0.29) is 6.42 Å². The monoisotopic (exact) mass is 359 g/mol. The van der Waals surface area contributed by atoms with E-state index in [9.17, 15) is 19.7 Å². The lowest BCUT2D eigenvalue weighted by Gasteiger charge is -2.34. The predicted molar refractivity (Wildman–Crippen MR) is 94.9 cm³/mol. The van der Waals surface area contributed by atoms with Gasteiger partial charge in [-0.2, -0.15) is 0 Å². The highest BCUT2D eigenvalue weighted by atomic mass is 16.6. The van der Waals surface area contributed by atoms with Crippen molar-refractivity contribution in [3.8, 4) is 0 Å². The van der Waals surface area contributed by atoms with E-state index in [1.807, 2.05) is 12.2 Å². The highest BCUT2D eigenvalue weighted by Crippen LogP contribution is 2.44. The van der Waals surface area contributed by atoms with Crippen LogP contribution in [0.3, 0.4) is 0 Å². The van der Waals surface area contributed by atoms with Crippen molar-refractivity contribution < 1.29 is 24.0 Å². The summed E-state index contributed by atoms with van der Waals surface area (Å²) in [6.45, 7) is -0.608. The van der Waals surface area contributed by atoms with Crippen molar-refractivity contribution in [2.24, 2.45) is 5.41 Å². The van der Waals surface area contributed by atoms with Crippen molar-refractivity contribution in [3.05, 3.63) is 63.7 Å². The van der Waals surface area contributed by atoms with Gasteiger partial charge in [0, 0.05) is 4.92 Å². The number of ether oxygens (including phenoxy) is 2. The van der Waals surface area contributed by atoms with Crippen LogP contribution in [0.25, 0.3) is 6.08 Å². The van der Waals surface area contributed by atoms with Crippen LogP contribution in [0, 0.1) is 15.5 Å². The van der Waals surface area contributed by atoms with Crippen LogP contribution in [0.5, 0.6) is 0 Å². The number of nitrogens with zero attached hydrogens (tertiary/aromatic N) is 1. The molecule has 0 spiro atoms. The molecule has 2 rings (SSSR count).